The van der Waals surface area contributed by atoms with E-state index < -0.39 is 45.1 Å². The molecule has 0 saturated carbocycles. The Morgan fingerprint density at radius 1 is 0.500 bits per heavy atom. The number of aliphatic carboxylic acids is 1. The fourth-order valence-electron chi connectivity index (χ4n) is 7.55. The predicted molar refractivity (Wildman–Crippen MR) is 268 cm³/mol. The van der Waals surface area contributed by atoms with Crippen LogP contribution < -0.4 is 5.73 Å². The Balaban J connectivity index is 4.11. The molecule has 10 nitrogen and oxygen atoms in total. The second-order valence-corrected chi connectivity index (χ2v) is 19.5. The van der Waals surface area contributed by atoms with Crippen molar-refractivity contribution in [2.24, 2.45) is 5.73 Å². The number of esters is 1. The second kappa shape index (κ2) is 49.1. The third kappa shape index (κ3) is 48.1. The Hall–Kier alpha value is -1.81. The molecule has 64 heavy (non-hydrogen) atoms. The highest BCUT2D eigenvalue weighted by molar-refractivity contribution is 7.47. The molecule has 0 saturated heterocycles. The maximum absolute atomic E-state index is 12.7. The van der Waals surface area contributed by atoms with Crippen molar-refractivity contribution in [3.63, 3.8) is 0 Å². The van der Waals surface area contributed by atoms with Gasteiger partial charge in [-0.15, -0.1) is 0 Å². The maximum Gasteiger partial charge on any atom is 0.472 e. The largest absolute Gasteiger partial charge is 0.480 e. The van der Waals surface area contributed by atoms with Crippen LogP contribution in [0.5, 0.6) is 0 Å². The molecule has 0 aliphatic rings. The molecular formula is C53H100NO9P. The summed E-state index contributed by atoms with van der Waals surface area (Å²) in [6.07, 6.45) is 57.8. The minimum Gasteiger partial charge on any atom is -0.480 e. The fraction of sp³-hybridized carbons (Fsp3) is 0.849. The molecule has 0 aliphatic carbocycles. The average Bonchev–Trinajstić information content (AvgIpc) is 3.28. The van der Waals surface area contributed by atoms with E-state index in [0.29, 0.717) is 13.0 Å². The molecule has 0 rings (SSSR count). The van der Waals surface area contributed by atoms with Gasteiger partial charge in [0, 0.05) is 13.0 Å². The van der Waals surface area contributed by atoms with Gasteiger partial charge in [-0.3, -0.25) is 18.6 Å². The molecule has 0 aromatic rings. The van der Waals surface area contributed by atoms with Gasteiger partial charge in [-0.2, -0.15) is 0 Å². The van der Waals surface area contributed by atoms with Crippen LogP contribution in [0.15, 0.2) is 36.5 Å². The van der Waals surface area contributed by atoms with Crippen molar-refractivity contribution in [1.29, 1.82) is 0 Å². The topological polar surface area (TPSA) is 155 Å². The highest BCUT2D eigenvalue weighted by atomic mass is 31.2. The summed E-state index contributed by atoms with van der Waals surface area (Å²) in [5.74, 6) is -1.78. The molecule has 0 fully saturated rings. The lowest BCUT2D eigenvalue weighted by Gasteiger charge is -2.20. The minimum atomic E-state index is -4.62. The van der Waals surface area contributed by atoms with Crippen LogP contribution in [0.1, 0.15) is 251 Å². The van der Waals surface area contributed by atoms with Crippen LogP contribution >= 0.6 is 7.82 Å². The molecule has 376 valence electrons. The van der Waals surface area contributed by atoms with Crippen LogP contribution in [0.2, 0.25) is 0 Å². The number of nitrogens with two attached hydrogens (primary N) is 1. The zero-order valence-electron chi connectivity index (χ0n) is 41.4. The van der Waals surface area contributed by atoms with Crippen molar-refractivity contribution < 1.29 is 42.7 Å². The van der Waals surface area contributed by atoms with Gasteiger partial charge in [0.2, 0.25) is 0 Å². The molecular weight excluding hydrogens is 826 g/mol. The van der Waals surface area contributed by atoms with Crippen LogP contribution in [0.25, 0.3) is 0 Å². The normalized spacial score (nSPS) is 13.9. The smallest absolute Gasteiger partial charge is 0.472 e. The minimum absolute atomic E-state index is 0.0148. The van der Waals surface area contributed by atoms with E-state index in [-0.39, 0.29) is 13.0 Å². The van der Waals surface area contributed by atoms with Gasteiger partial charge in [0.1, 0.15) is 12.1 Å². The number of unbranched alkanes of at least 4 members (excludes halogenated alkanes) is 31. The third-order valence-corrected chi connectivity index (χ3v) is 12.6. The number of ether oxygens (including phenoxy) is 2. The predicted octanol–water partition coefficient (Wildman–Crippen LogP) is 15.6. The van der Waals surface area contributed by atoms with E-state index in [0.717, 1.165) is 70.6 Å². The van der Waals surface area contributed by atoms with Crippen molar-refractivity contribution in [3.05, 3.63) is 36.5 Å². The number of hydrogen-bond donors (Lipinski definition) is 3. The molecule has 0 aromatic heterocycles. The van der Waals surface area contributed by atoms with Gasteiger partial charge in [0.25, 0.3) is 0 Å². The fourth-order valence-corrected chi connectivity index (χ4v) is 8.33. The van der Waals surface area contributed by atoms with E-state index in [9.17, 15) is 19.0 Å². The molecule has 3 unspecified atom stereocenters. The molecule has 0 amide bonds. The van der Waals surface area contributed by atoms with Crippen LogP contribution in [-0.2, 0) is 32.7 Å². The van der Waals surface area contributed by atoms with Gasteiger partial charge in [-0.1, -0.05) is 230 Å². The number of carboxylic acid groups (broad SMARTS) is 1. The summed E-state index contributed by atoms with van der Waals surface area (Å²) in [7, 11) is -4.62. The van der Waals surface area contributed by atoms with Crippen molar-refractivity contribution in [2.75, 3.05) is 26.4 Å². The number of hydrogen-bond acceptors (Lipinski definition) is 8. The zero-order valence-corrected chi connectivity index (χ0v) is 42.3. The van der Waals surface area contributed by atoms with E-state index in [1.807, 2.05) is 0 Å². The second-order valence-electron chi connectivity index (χ2n) is 18.0. The first kappa shape index (κ1) is 62.2. The van der Waals surface area contributed by atoms with Gasteiger partial charge in [0.15, 0.2) is 0 Å². The average molecular weight is 926 g/mol. The number of carbonyl (C=O) groups excluding carboxylic acids is 1. The van der Waals surface area contributed by atoms with E-state index in [1.165, 1.54) is 154 Å². The van der Waals surface area contributed by atoms with Gasteiger partial charge in [-0.05, 0) is 51.4 Å². The van der Waals surface area contributed by atoms with Crippen molar-refractivity contribution in [2.45, 2.75) is 264 Å². The number of rotatable bonds is 51. The number of phosphoric ester groups is 1. The number of carbonyl (C=O) groups is 2. The summed E-state index contributed by atoms with van der Waals surface area (Å²) in [5, 5.41) is 8.93. The van der Waals surface area contributed by atoms with Crippen LogP contribution in [0, 0.1) is 0 Å². The molecule has 0 spiro atoms. The van der Waals surface area contributed by atoms with Gasteiger partial charge in [0.05, 0.1) is 19.8 Å². The van der Waals surface area contributed by atoms with E-state index in [2.05, 4.69) is 50.3 Å². The summed E-state index contributed by atoms with van der Waals surface area (Å²) in [4.78, 5) is 33.7. The monoisotopic (exact) mass is 926 g/mol. The lowest BCUT2D eigenvalue weighted by atomic mass is 10.0. The molecule has 0 aliphatic heterocycles. The van der Waals surface area contributed by atoms with Crippen molar-refractivity contribution >= 4 is 19.8 Å². The van der Waals surface area contributed by atoms with Crippen LogP contribution in [-0.4, -0.2) is 60.5 Å². The Morgan fingerprint density at radius 2 is 0.859 bits per heavy atom. The Labute approximate surface area is 393 Å². The molecule has 0 heterocycles. The molecule has 0 radical (unpaired) electrons. The molecule has 3 atom stereocenters. The summed E-state index contributed by atoms with van der Waals surface area (Å²) in [6.45, 7) is 3.89. The SMILES string of the molecule is CCCCC/C=C\C/C=C\C/C=C\CCCCCCCCC(=O)OC(COCCCCCCCCCCCCCCCCCCCCCCCCC)COP(=O)(O)OCC(N)C(=O)O. The maximum atomic E-state index is 12.7. The molecule has 0 aromatic carbocycles. The Morgan fingerprint density at radius 3 is 1.31 bits per heavy atom. The van der Waals surface area contributed by atoms with E-state index in [1.54, 1.807) is 0 Å². The highest BCUT2D eigenvalue weighted by Gasteiger charge is 2.27. The summed E-state index contributed by atoms with van der Waals surface area (Å²) in [6, 6.07) is -1.48. The number of phosphoric acid groups is 1. The quantitative estimate of drug-likeness (QED) is 0.0232. The lowest BCUT2D eigenvalue weighted by molar-refractivity contribution is -0.154. The molecule has 11 heteroatoms. The first-order chi connectivity index (χ1) is 31.2. The summed E-state index contributed by atoms with van der Waals surface area (Å²) in [5.41, 5.74) is 5.38. The van der Waals surface area contributed by atoms with Gasteiger partial charge < -0.3 is 25.2 Å². The molecule has 0 bridgehead atoms. The summed E-state index contributed by atoms with van der Waals surface area (Å²) >= 11 is 0. The first-order valence-corrected chi connectivity index (χ1v) is 28.0. The van der Waals surface area contributed by atoms with E-state index >= 15 is 0 Å². The van der Waals surface area contributed by atoms with Crippen LogP contribution in [0.3, 0.4) is 0 Å². The summed E-state index contributed by atoms with van der Waals surface area (Å²) < 4.78 is 33.5. The highest BCUT2D eigenvalue weighted by Crippen LogP contribution is 2.43. The molecule has 4 N–H and O–H groups in total. The first-order valence-electron chi connectivity index (χ1n) is 26.5. The number of carboxylic acids is 1. The zero-order chi connectivity index (χ0) is 46.9. The van der Waals surface area contributed by atoms with Crippen LogP contribution in [0.4, 0.5) is 0 Å². The van der Waals surface area contributed by atoms with Crippen molar-refractivity contribution in [1.82, 2.24) is 0 Å². The third-order valence-electron chi connectivity index (χ3n) is 11.7. The van der Waals surface area contributed by atoms with Gasteiger partial charge in [-0.25, -0.2) is 4.57 Å². The number of allylic oxidation sites excluding steroid dienone is 6. The Bertz CT molecular complexity index is 1160. The van der Waals surface area contributed by atoms with Crippen molar-refractivity contribution in [3.8, 4) is 0 Å². The Kier molecular flexibility index (Phi) is 47.7. The standard InChI is InChI=1S/C53H100NO9P/c1-3-5-7-9-11-13-15-17-19-21-23-24-25-26-28-30-32-34-36-38-40-42-44-46-60-47-50(48-61-64(58,59)62-49-51(54)53(56)57)63-52(55)45-43-41-39-37-35-33-31-29-27-22-20-18-16-14-12-10-8-6-4-2/h12,14,18,20,27,29,50-51H,3-11,13,15-17,19,21-26,28,30-49,54H2,1-2H3,(H,56,57)(H,58,59)/b14-12-,20-18-,29-27-. The van der Waals surface area contributed by atoms with Gasteiger partial charge >= 0.3 is 19.8 Å². The lowest BCUT2D eigenvalue weighted by Crippen LogP contribution is -2.34. The van der Waals surface area contributed by atoms with E-state index in [4.69, 9.17) is 29.4 Å².